The van der Waals surface area contributed by atoms with E-state index in [-0.39, 0.29) is 11.9 Å². The highest BCUT2D eigenvalue weighted by atomic mass is 16.1. The summed E-state index contributed by atoms with van der Waals surface area (Å²) in [7, 11) is 0. The van der Waals surface area contributed by atoms with Crippen LogP contribution in [0.25, 0.3) is 0 Å². The summed E-state index contributed by atoms with van der Waals surface area (Å²) in [5.41, 5.74) is 0.774. The number of hydrogen-bond donors (Lipinski definition) is 1. The molecule has 0 spiro atoms. The van der Waals surface area contributed by atoms with E-state index in [0.29, 0.717) is 0 Å². The SMILES string of the molecule is N#CC(C(=O)NC1CCCCCC1)c1ccccc1. The van der Waals surface area contributed by atoms with Gasteiger partial charge in [0.25, 0.3) is 0 Å². The lowest BCUT2D eigenvalue weighted by atomic mass is 9.99. The summed E-state index contributed by atoms with van der Waals surface area (Å²) in [5, 5.41) is 12.3. The minimum absolute atomic E-state index is 0.152. The number of nitrogens with zero attached hydrogens (tertiary/aromatic N) is 1. The van der Waals surface area contributed by atoms with Crippen LogP contribution >= 0.6 is 0 Å². The summed E-state index contributed by atoms with van der Waals surface area (Å²) >= 11 is 0. The molecule has 1 N–H and O–H groups in total. The molecule has 1 fully saturated rings. The van der Waals surface area contributed by atoms with Crippen molar-refractivity contribution in [1.29, 1.82) is 5.26 Å². The predicted octanol–water partition coefficient (Wildman–Crippen LogP) is 3.13. The van der Waals surface area contributed by atoms with Crippen LogP contribution in [-0.2, 0) is 4.79 Å². The van der Waals surface area contributed by atoms with Gasteiger partial charge in [0.15, 0.2) is 0 Å². The van der Waals surface area contributed by atoms with Gasteiger partial charge in [0.05, 0.1) is 6.07 Å². The van der Waals surface area contributed by atoms with Gasteiger partial charge in [-0.15, -0.1) is 0 Å². The van der Waals surface area contributed by atoms with Gasteiger partial charge in [-0.05, 0) is 18.4 Å². The van der Waals surface area contributed by atoms with Gasteiger partial charge in [0.2, 0.25) is 5.91 Å². The summed E-state index contributed by atoms with van der Waals surface area (Å²) in [6.07, 6.45) is 6.94. The van der Waals surface area contributed by atoms with E-state index in [2.05, 4.69) is 11.4 Å². The molecule has 1 atom stereocenters. The molecule has 1 aliphatic carbocycles. The number of rotatable bonds is 3. The van der Waals surface area contributed by atoms with Crippen molar-refractivity contribution in [2.24, 2.45) is 0 Å². The standard InChI is InChI=1S/C16H20N2O/c17-12-15(13-8-4-3-5-9-13)16(19)18-14-10-6-1-2-7-11-14/h3-5,8-9,14-15H,1-2,6-7,10-11H2,(H,18,19). The fourth-order valence-electron chi connectivity index (χ4n) is 2.64. The third kappa shape index (κ3) is 3.82. The van der Waals surface area contributed by atoms with E-state index in [0.717, 1.165) is 18.4 Å². The molecule has 1 saturated carbocycles. The molecule has 1 unspecified atom stereocenters. The van der Waals surface area contributed by atoms with Gasteiger partial charge in [-0.3, -0.25) is 4.79 Å². The third-order valence-corrected chi connectivity index (χ3v) is 3.73. The first-order chi connectivity index (χ1) is 9.31. The Kier molecular flexibility index (Phi) is 4.97. The van der Waals surface area contributed by atoms with E-state index in [1.54, 1.807) is 0 Å². The van der Waals surface area contributed by atoms with E-state index in [1.807, 2.05) is 30.3 Å². The maximum atomic E-state index is 12.2. The van der Waals surface area contributed by atoms with E-state index in [1.165, 1.54) is 25.7 Å². The fraction of sp³-hybridized carbons (Fsp3) is 0.500. The quantitative estimate of drug-likeness (QED) is 0.845. The predicted molar refractivity (Wildman–Crippen MR) is 74.4 cm³/mol. The van der Waals surface area contributed by atoms with Crippen LogP contribution in [0.5, 0.6) is 0 Å². The zero-order valence-electron chi connectivity index (χ0n) is 11.1. The van der Waals surface area contributed by atoms with Crippen molar-refractivity contribution in [1.82, 2.24) is 5.32 Å². The van der Waals surface area contributed by atoms with E-state index in [9.17, 15) is 10.1 Å². The second-order valence-electron chi connectivity index (χ2n) is 5.17. The van der Waals surface area contributed by atoms with Crippen molar-refractivity contribution < 1.29 is 4.79 Å². The maximum absolute atomic E-state index is 12.2. The van der Waals surface area contributed by atoms with E-state index < -0.39 is 5.92 Å². The van der Waals surface area contributed by atoms with Crippen LogP contribution in [0.1, 0.15) is 50.0 Å². The van der Waals surface area contributed by atoms with Crippen LogP contribution in [0.2, 0.25) is 0 Å². The number of carbonyl (C=O) groups is 1. The van der Waals surface area contributed by atoms with Crippen LogP contribution < -0.4 is 5.32 Å². The van der Waals surface area contributed by atoms with Crippen molar-refractivity contribution in [2.45, 2.75) is 50.5 Å². The van der Waals surface area contributed by atoms with Crippen molar-refractivity contribution >= 4 is 5.91 Å². The molecule has 1 aromatic carbocycles. The number of benzene rings is 1. The number of nitriles is 1. The van der Waals surface area contributed by atoms with Crippen LogP contribution in [-0.4, -0.2) is 11.9 Å². The van der Waals surface area contributed by atoms with Gasteiger partial charge in [0.1, 0.15) is 5.92 Å². The highest BCUT2D eigenvalue weighted by Gasteiger charge is 2.23. The van der Waals surface area contributed by atoms with E-state index in [4.69, 9.17) is 0 Å². The van der Waals surface area contributed by atoms with Crippen LogP contribution in [0.3, 0.4) is 0 Å². The molecule has 1 aromatic rings. The summed E-state index contributed by atoms with van der Waals surface area (Å²) in [6.45, 7) is 0. The Labute approximate surface area is 114 Å². The second kappa shape index (κ2) is 6.94. The summed E-state index contributed by atoms with van der Waals surface area (Å²) in [5.74, 6) is -0.843. The smallest absolute Gasteiger partial charge is 0.242 e. The fourth-order valence-corrected chi connectivity index (χ4v) is 2.64. The molecule has 19 heavy (non-hydrogen) atoms. The largest absolute Gasteiger partial charge is 0.352 e. The molecule has 1 aliphatic rings. The number of amides is 1. The molecule has 3 heteroatoms. The highest BCUT2D eigenvalue weighted by Crippen LogP contribution is 2.19. The first-order valence-electron chi connectivity index (χ1n) is 7.06. The molecular weight excluding hydrogens is 236 g/mol. The molecule has 2 rings (SSSR count). The number of hydrogen-bond acceptors (Lipinski definition) is 2. The molecule has 0 saturated heterocycles. The number of nitrogens with one attached hydrogen (secondary N) is 1. The van der Waals surface area contributed by atoms with Gasteiger partial charge < -0.3 is 5.32 Å². The summed E-state index contributed by atoms with van der Waals surface area (Å²) in [4.78, 5) is 12.2. The average molecular weight is 256 g/mol. The van der Waals surface area contributed by atoms with Gasteiger partial charge in [-0.1, -0.05) is 56.0 Å². The average Bonchev–Trinajstić information content (AvgIpc) is 2.69. The molecule has 1 amide bonds. The Hall–Kier alpha value is -1.82. The lowest BCUT2D eigenvalue weighted by molar-refractivity contribution is -0.122. The van der Waals surface area contributed by atoms with Crippen molar-refractivity contribution in [3.8, 4) is 6.07 Å². The molecular formula is C16H20N2O. The van der Waals surface area contributed by atoms with E-state index >= 15 is 0 Å². The van der Waals surface area contributed by atoms with Gasteiger partial charge >= 0.3 is 0 Å². The van der Waals surface area contributed by atoms with Crippen molar-refractivity contribution in [3.63, 3.8) is 0 Å². The van der Waals surface area contributed by atoms with Crippen molar-refractivity contribution in [2.75, 3.05) is 0 Å². The first-order valence-corrected chi connectivity index (χ1v) is 7.06. The Morgan fingerprint density at radius 3 is 2.37 bits per heavy atom. The maximum Gasteiger partial charge on any atom is 0.242 e. The molecule has 100 valence electrons. The van der Waals surface area contributed by atoms with Gasteiger partial charge in [0, 0.05) is 6.04 Å². The topological polar surface area (TPSA) is 52.9 Å². The molecule has 0 aliphatic heterocycles. The minimum atomic E-state index is -0.690. The lowest BCUT2D eigenvalue weighted by Gasteiger charge is -2.18. The Bertz CT molecular complexity index is 442. The lowest BCUT2D eigenvalue weighted by Crippen LogP contribution is -2.37. The third-order valence-electron chi connectivity index (χ3n) is 3.73. The van der Waals surface area contributed by atoms with Gasteiger partial charge in [-0.2, -0.15) is 5.26 Å². The van der Waals surface area contributed by atoms with Crippen LogP contribution in [0.15, 0.2) is 30.3 Å². The van der Waals surface area contributed by atoms with Crippen molar-refractivity contribution in [3.05, 3.63) is 35.9 Å². The molecule has 0 heterocycles. The molecule has 0 radical (unpaired) electrons. The normalized spacial score (nSPS) is 18.1. The zero-order chi connectivity index (χ0) is 13.5. The first kappa shape index (κ1) is 13.6. The zero-order valence-corrected chi connectivity index (χ0v) is 11.1. The Morgan fingerprint density at radius 2 is 1.79 bits per heavy atom. The molecule has 0 aromatic heterocycles. The Balaban J connectivity index is 1.99. The minimum Gasteiger partial charge on any atom is -0.352 e. The summed E-state index contributed by atoms with van der Waals surface area (Å²) < 4.78 is 0. The monoisotopic (exact) mass is 256 g/mol. The van der Waals surface area contributed by atoms with Crippen LogP contribution in [0, 0.1) is 11.3 Å². The summed E-state index contributed by atoms with van der Waals surface area (Å²) in [6, 6.07) is 11.6. The highest BCUT2D eigenvalue weighted by molar-refractivity contribution is 5.86. The molecule has 3 nitrogen and oxygen atoms in total. The van der Waals surface area contributed by atoms with Crippen LogP contribution in [0.4, 0.5) is 0 Å². The van der Waals surface area contributed by atoms with Gasteiger partial charge in [-0.25, -0.2) is 0 Å². The Morgan fingerprint density at radius 1 is 1.16 bits per heavy atom. The second-order valence-corrected chi connectivity index (χ2v) is 5.17. The molecule has 0 bridgehead atoms. The number of carbonyl (C=O) groups excluding carboxylic acids is 1.